The topological polar surface area (TPSA) is 63.3 Å². The Kier molecular flexibility index (Phi) is 3.28. The van der Waals surface area contributed by atoms with E-state index in [1.54, 1.807) is 0 Å². The van der Waals surface area contributed by atoms with Gasteiger partial charge in [-0.3, -0.25) is 4.79 Å². The molecule has 1 aliphatic carbocycles. The number of aliphatic carboxylic acids is 1. The summed E-state index contributed by atoms with van der Waals surface area (Å²) in [6.45, 7) is 0. The Morgan fingerprint density at radius 1 is 0.850 bits per heavy atom. The highest BCUT2D eigenvalue weighted by molar-refractivity contribution is 5.75. The standard InChI is InChI=1S/C17H17NO2/c18-16-13(11-7-3-1-4-8-11)15(17(19)20)14(16)12-9-5-2-6-10-12/h1-10,13-16H,18H2,(H,19,20). The van der Waals surface area contributed by atoms with Gasteiger partial charge in [0.25, 0.3) is 0 Å². The maximum Gasteiger partial charge on any atom is 0.307 e. The van der Waals surface area contributed by atoms with Crippen molar-refractivity contribution in [2.24, 2.45) is 11.7 Å². The fourth-order valence-electron chi connectivity index (χ4n) is 3.30. The van der Waals surface area contributed by atoms with E-state index in [1.165, 1.54) is 0 Å². The summed E-state index contributed by atoms with van der Waals surface area (Å²) >= 11 is 0. The van der Waals surface area contributed by atoms with Crippen LogP contribution in [0.5, 0.6) is 0 Å². The van der Waals surface area contributed by atoms with Gasteiger partial charge in [0.05, 0.1) is 5.92 Å². The molecule has 102 valence electrons. The number of carbonyl (C=O) groups is 1. The largest absolute Gasteiger partial charge is 0.481 e. The third-order valence-electron chi connectivity index (χ3n) is 4.26. The van der Waals surface area contributed by atoms with E-state index < -0.39 is 11.9 Å². The van der Waals surface area contributed by atoms with E-state index in [0.29, 0.717) is 0 Å². The monoisotopic (exact) mass is 267 g/mol. The van der Waals surface area contributed by atoms with Crippen molar-refractivity contribution >= 4 is 5.97 Å². The maximum atomic E-state index is 11.6. The molecule has 3 rings (SSSR count). The van der Waals surface area contributed by atoms with Crippen molar-refractivity contribution in [3.8, 4) is 0 Å². The summed E-state index contributed by atoms with van der Waals surface area (Å²) in [4.78, 5) is 11.6. The summed E-state index contributed by atoms with van der Waals surface area (Å²) in [6, 6.07) is 19.3. The summed E-state index contributed by atoms with van der Waals surface area (Å²) in [6.07, 6.45) is 0. The zero-order valence-electron chi connectivity index (χ0n) is 11.0. The number of carboxylic acids is 1. The molecule has 3 nitrogen and oxygen atoms in total. The van der Waals surface area contributed by atoms with Crippen LogP contribution in [0.1, 0.15) is 23.0 Å². The van der Waals surface area contributed by atoms with Gasteiger partial charge in [-0.15, -0.1) is 0 Å². The van der Waals surface area contributed by atoms with Crippen LogP contribution < -0.4 is 5.73 Å². The maximum absolute atomic E-state index is 11.6. The van der Waals surface area contributed by atoms with E-state index in [0.717, 1.165) is 11.1 Å². The molecular weight excluding hydrogens is 250 g/mol. The van der Waals surface area contributed by atoms with Gasteiger partial charge in [0.1, 0.15) is 0 Å². The Balaban J connectivity index is 1.94. The summed E-state index contributed by atoms with van der Waals surface area (Å²) in [5, 5.41) is 9.56. The fourth-order valence-corrected chi connectivity index (χ4v) is 3.30. The fraction of sp³-hybridized carbons (Fsp3) is 0.235. The highest BCUT2D eigenvalue weighted by Crippen LogP contribution is 2.51. The van der Waals surface area contributed by atoms with Gasteiger partial charge in [0, 0.05) is 17.9 Å². The molecule has 3 N–H and O–H groups in total. The van der Waals surface area contributed by atoms with Crippen molar-refractivity contribution in [1.82, 2.24) is 0 Å². The molecule has 0 spiro atoms. The molecular formula is C17H17NO2. The first-order chi connectivity index (χ1) is 9.70. The average Bonchev–Trinajstić information content (AvgIpc) is 2.46. The van der Waals surface area contributed by atoms with E-state index in [9.17, 15) is 9.90 Å². The minimum absolute atomic E-state index is 0.112. The van der Waals surface area contributed by atoms with Gasteiger partial charge in [-0.1, -0.05) is 60.7 Å². The van der Waals surface area contributed by atoms with Crippen LogP contribution in [0.15, 0.2) is 60.7 Å². The third kappa shape index (κ3) is 2.00. The summed E-state index contributed by atoms with van der Waals surface area (Å²) < 4.78 is 0. The van der Waals surface area contributed by atoms with Crippen molar-refractivity contribution in [2.45, 2.75) is 17.9 Å². The number of hydrogen-bond acceptors (Lipinski definition) is 2. The minimum atomic E-state index is -0.769. The Bertz CT molecular complexity index is 549. The summed E-state index contributed by atoms with van der Waals surface area (Å²) in [7, 11) is 0. The molecule has 0 aliphatic heterocycles. The Morgan fingerprint density at radius 3 is 1.60 bits per heavy atom. The second-order valence-corrected chi connectivity index (χ2v) is 5.31. The predicted octanol–water partition coefficient (Wildman–Crippen LogP) is 2.60. The Hall–Kier alpha value is -2.13. The number of benzene rings is 2. The van der Waals surface area contributed by atoms with Gasteiger partial charge in [-0.2, -0.15) is 0 Å². The molecule has 20 heavy (non-hydrogen) atoms. The molecule has 2 aromatic rings. The van der Waals surface area contributed by atoms with E-state index >= 15 is 0 Å². The van der Waals surface area contributed by atoms with Crippen molar-refractivity contribution in [3.63, 3.8) is 0 Å². The lowest BCUT2D eigenvalue weighted by Crippen LogP contribution is -2.55. The Morgan fingerprint density at radius 2 is 1.25 bits per heavy atom. The molecule has 0 saturated heterocycles. The second kappa shape index (κ2) is 5.10. The van der Waals surface area contributed by atoms with Gasteiger partial charge >= 0.3 is 5.97 Å². The van der Waals surface area contributed by atoms with Crippen molar-refractivity contribution < 1.29 is 9.90 Å². The predicted molar refractivity (Wildman–Crippen MR) is 77.5 cm³/mol. The second-order valence-electron chi connectivity index (χ2n) is 5.31. The van der Waals surface area contributed by atoms with Crippen LogP contribution in [0.2, 0.25) is 0 Å². The zero-order chi connectivity index (χ0) is 14.1. The van der Waals surface area contributed by atoms with Crippen LogP contribution in [-0.4, -0.2) is 17.1 Å². The molecule has 1 aliphatic rings. The molecule has 1 fully saturated rings. The first-order valence-corrected chi connectivity index (χ1v) is 6.78. The van der Waals surface area contributed by atoms with Crippen LogP contribution in [0.4, 0.5) is 0 Å². The first kappa shape index (κ1) is 12.9. The van der Waals surface area contributed by atoms with Crippen LogP contribution >= 0.6 is 0 Å². The molecule has 0 bridgehead atoms. The van der Waals surface area contributed by atoms with Gasteiger partial charge in [-0.25, -0.2) is 0 Å². The average molecular weight is 267 g/mol. The normalized spacial score (nSPS) is 28.6. The van der Waals surface area contributed by atoms with Gasteiger partial charge < -0.3 is 10.8 Å². The smallest absolute Gasteiger partial charge is 0.307 e. The Labute approximate surface area is 118 Å². The van der Waals surface area contributed by atoms with Gasteiger partial charge in [0.15, 0.2) is 0 Å². The molecule has 0 heterocycles. The van der Waals surface area contributed by atoms with Crippen LogP contribution in [0.25, 0.3) is 0 Å². The molecule has 1 saturated carbocycles. The van der Waals surface area contributed by atoms with Crippen molar-refractivity contribution in [2.75, 3.05) is 0 Å². The molecule has 0 aromatic heterocycles. The molecule has 0 amide bonds. The molecule has 2 atom stereocenters. The van der Waals surface area contributed by atoms with E-state index in [1.807, 2.05) is 60.7 Å². The SMILES string of the molecule is NC1C(c2ccccc2)C(C(=O)O)C1c1ccccc1. The van der Waals surface area contributed by atoms with Crippen LogP contribution in [0.3, 0.4) is 0 Å². The number of nitrogens with two attached hydrogens (primary N) is 1. The van der Waals surface area contributed by atoms with Crippen molar-refractivity contribution in [1.29, 1.82) is 0 Å². The summed E-state index contributed by atoms with van der Waals surface area (Å²) in [5.74, 6) is -1.44. The van der Waals surface area contributed by atoms with E-state index in [-0.39, 0.29) is 17.9 Å². The quantitative estimate of drug-likeness (QED) is 0.898. The number of rotatable bonds is 3. The number of carboxylic acid groups (broad SMARTS) is 1. The summed E-state index contributed by atoms with van der Waals surface area (Å²) in [5.41, 5.74) is 8.32. The zero-order valence-corrected chi connectivity index (χ0v) is 11.0. The lowest BCUT2D eigenvalue weighted by molar-refractivity contribution is -0.147. The first-order valence-electron chi connectivity index (χ1n) is 6.78. The minimum Gasteiger partial charge on any atom is -0.481 e. The lowest BCUT2D eigenvalue weighted by atomic mass is 9.56. The molecule has 2 aromatic carbocycles. The van der Waals surface area contributed by atoms with Crippen molar-refractivity contribution in [3.05, 3.63) is 71.8 Å². The molecule has 0 radical (unpaired) electrons. The van der Waals surface area contributed by atoms with E-state index in [4.69, 9.17) is 5.73 Å². The lowest BCUT2D eigenvalue weighted by Gasteiger charge is -2.48. The van der Waals surface area contributed by atoms with Gasteiger partial charge in [0.2, 0.25) is 0 Å². The molecule has 2 unspecified atom stereocenters. The van der Waals surface area contributed by atoms with Crippen LogP contribution in [-0.2, 0) is 4.79 Å². The third-order valence-corrected chi connectivity index (χ3v) is 4.26. The van der Waals surface area contributed by atoms with Gasteiger partial charge in [-0.05, 0) is 11.1 Å². The molecule has 3 heteroatoms. The highest BCUT2D eigenvalue weighted by atomic mass is 16.4. The number of hydrogen-bond donors (Lipinski definition) is 2. The van der Waals surface area contributed by atoms with Crippen LogP contribution in [0, 0.1) is 5.92 Å². The van der Waals surface area contributed by atoms with E-state index in [2.05, 4.69) is 0 Å². The highest BCUT2D eigenvalue weighted by Gasteiger charge is 2.53.